The summed E-state index contributed by atoms with van der Waals surface area (Å²) in [6, 6.07) is 10.9. The third-order valence-electron chi connectivity index (χ3n) is 5.18. The van der Waals surface area contributed by atoms with Crippen molar-refractivity contribution in [2.45, 2.75) is 30.0 Å². The average Bonchev–Trinajstić information content (AvgIpc) is 3.39. The van der Waals surface area contributed by atoms with Crippen LogP contribution in [0.1, 0.15) is 28.7 Å². The van der Waals surface area contributed by atoms with Crippen LogP contribution < -0.4 is 0 Å². The van der Waals surface area contributed by atoms with Crippen LogP contribution in [0, 0.1) is 0 Å². The molecule has 0 unspecified atom stereocenters. The fourth-order valence-electron chi connectivity index (χ4n) is 3.93. The predicted octanol–water partition coefficient (Wildman–Crippen LogP) is 2.79. The maximum Gasteiger partial charge on any atom is 0.205 e. The zero-order chi connectivity index (χ0) is 19.3. The zero-order valence-corrected chi connectivity index (χ0v) is 16.2. The van der Waals surface area contributed by atoms with E-state index in [9.17, 15) is 8.42 Å². The first-order valence-electron chi connectivity index (χ1n) is 9.15. The van der Waals surface area contributed by atoms with Gasteiger partial charge < -0.3 is 14.0 Å². The van der Waals surface area contributed by atoms with Crippen LogP contribution in [0.25, 0.3) is 11.0 Å². The molecule has 2 aromatic carbocycles. The van der Waals surface area contributed by atoms with Gasteiger partial charge in [-0.25, -0.2) is 8.42 Å². The summed E-state index contributed by atoms with van der Waals surface area (Å²) in [7, 11) is -1.64. The summed E-state index contributed by atoms with van der Waals surface area (Å²) in [4.78, 5) is 2.35. The molecule has 1 aromatic heterocycles. The van der Waals surface area contributed by atoms with Gasteiger partial charge in [0.05, 0.1) is 29.2 Å². The summed E-state index contributed by atoms with van der Waals surface area (Å²) in [5.74, 6) is -0.0887. The van der Waals surface area contributed by atoms with Crippen LogP contribution >= 0.6 is 0 Å². The van der Waals surface area contributed by atoms with Crippen molar-refractivity contribution in [3.05, 3.63) is 58.8 Å². The standard InChI is InChI=1S/C20H20N2O5S/c1-22-10-14-9-16(28(23,24)12-13-5-3-2-4-6-13)17-18(20-25-7-8-26-20)21-27-19(17)15(14)11-22/h2-6,9,20H,7-8,10-12H2,1H3. The van der Waals surface area contributed by atoms with Crippen LogP contribution in [0.15, 0.2) is 45.8 Å². The van der Waals surface area contributed by atoms with Crippen molar-refractivity contribution in [3.63, 3.8) is 0 Å². The minimum atomic E-state index is -3.63. The van der Waals surface area contributed by atoms with Crippen molar-refractivity contribution in [2.75, 3.05) is 20.3 Å². The maximum absolute atomic E-state index is 13.4. The normalized spacial score (nSPS) is 18.2. The number of hydrogen-bond acceptors (Lipinski definition) is 7. The van der Waals surface area contributed by atoms with Gasteiger partial charge in [-0.3, -0.25) is 4.90 Å². The Bertz CT molecular complexity index is 1130. The van der Waals surface area contributed by atoms with Gasteiger partial charge in [0.2, 0.25) is 6.29 Å². The molecular formula is C20H20N2O5S. The maximum atomic E-state index is 13.4. The molecule has 7 nitrogen and oxygen atoms in total. The molecule has 0 spiro atoms. The molecule has 0 aliphatic carbocycles. The molecule has 2 aliphatic heterocycles. The molecule has 0 amide bonds. The van der Waals surface area contributed by atoms with Crippen molar-refractivity contribution in [1.29, 1.82) is 0 Å². The number of hydrogen-bond donors (Lipinski definition) is 0. The van der Waals surface area contributed by atoms with Gasteiger partial charge in [0.25, 0.3) is 0 Å². The summed E-state index contributed by atoms with van der Waals surface area (Å²) < 4.78 is 43.6. The van der Waals surface area contributed by atoms with Crippen LogP contribution in [-0.4, -0.2) is 38.7 Å². The third-order valence-corrected chi connectivity index (χ3v) is 6.89. The highest BCUT2D eigenvalue weighted by atomic mass is 32.2. The fourth-order valence-corrected chi connectivity index (χ4v) is 5.55. The minimum Gasteiger partial charge on any atom is -0.355 e. The first-order chi connectivity index (χ1) is 13.5. The van der Waals surface area contributed by atoms with E-state index in [1.807, 2.05) is 37.4 Å². The number of nitrogens with zero attached hydrogens (tertiary/aromatic N) is 2. The van der Waals surface area contributed by atoms with Crippen molar-refractivity contribution in [2.24, 2.45) is 0 Å². The SMILES string of the molecule is CN1Cc2cc(S(=O)(=O)Cc3ccccc3)c3c(C4OCCO4)noc3c2C1. The van der Waals surface area contributed by atoms with E-state index in [1.54, 1.807) is 6.07 Å². The summed E-state index contributed by atoms with van der Waals surface area (Å²) in [5, 5.41) is 4.64. The smallest absolute Gasteiger partial charge is 0.205 e. The lowest BCUT2D eigenvalue weighted by Gasteiger charge is -2.11. The quantitative estimate of drug-likeness (QED) is 0.666. The molecule has 5 rings (SSSR count). The van der Waals surface area contributed by atoms with Crippen LogP contribution in [0.4, 0.5) is 0 Å². The number of rotatable bonds is 4. The Hall–Kier alpha value is -2.26. The average molecular weight is 400 g/mol. The number of fused-ring (bicyclic) bond motifs is 3. The van der Waals surface area contributed by atoms with E-state index in [4.69, 9.17) is 14.0 Å². The molecule has 146 valence electrons. The highest BCUT2D eigenvalue weighted by Gasteiger charge is 2.34. The van der Waals surface area contributed by atoms with Gasteiger partial charge >= 0.3 is 0 Å². The highest BCUT2D eigenvalue weighted by Crippen LogP contribution is 2.40. The Labute approximate surface area is 162 Å². The number of benzene rings is 2. The number of aromatic nitrogens is 1. The molecule has 3 aromatic rings. The van der Waals surface area contributed by atoms with Gasteiger partial charge in [-0.15, -0.1) is 0 Å². The van der Waals surface area contributed by atoms with E-state index >= 15 is 0 Å². The molecule has 0 bridgehead atoms. The van der Waals surface area contributed by atoms with Crippen LogP contribution in [-0.2, 0) is 38.2 Å². The second-order valence-corrected chi connectivity index (χ2v) is 9.23. The van der Waals surface area contributed by atoms with Gasteiger partial charge in [-0.1, -0.05) is 35.5 Å². The van der Waals surface area contributed by atoms with E-state index in [1.165, 1.54) is 0 Å². The molecule has 1 saturated heterocycles. The fraction of sp³-hybridized carbons (Fsp3) is 0.350. The molecule has 0 N–H and O–H groups in total. The van der Waals surface area contributed by atoms with Crippen LogP contribution in [0.5, 0.6) is 0 Å². The highest BCUT2D eigenvalue weighted by molar-refractivity contribution is 7.90. The molecule has 28 heavy (non-hydrogen) atoms. The van der Waals surface area contributed by atoms with E-state index in [2.05, 4.69) is 10.1 Å². The molecule has 1 fully saturated rings. The first-order valence-corrected chi connectivity index (χ1v) is 10.8. The van der Waals surface area contributed by atoms with E-state index in [0.717, 1.165) is 16.7 Å². The summed E-state index contributed by atoms with van der Waals surface area (Å²) in [6.07, 6.45) is -0.705. The Morgan fingerprint density at radius 1 is 1.14 bits per heavy atom. The Morgan fingerprint density at radius 3 is 2.64 bits per heavy atom. The Balaban J connectivity index is 1.71. The molecule has 2 aliphatic rings. The van der Waals surface area contributed by atoms with Gasteiger partial charge in [-0.2, -0.15) is 0 Å². The second kappa shape index (κ2) is 6.66. The van der Waals surface area contributed by atoms with Crippen LogP contribution in [0.3, 0.4) is 0 Å². The molecule has 3 heterocycles. The van der Waals surface area contributed by atoms with E-state index in [0.29, 0.717) is 43.0 Å². The van der Waals surface area contributed by atoms with Gasteiger partial charge in [0.15, 0.2) is 15.4 Å². The largest absolute Gasteiger partial charge is 0.355 e. The summed E-state index contributed by atoms with van der Waals surface area (Å²) >= 11 is 0. The molecule has 0 atom stereocenters. The van der Waals surface area contributed by atoms with Crippen molar-refractivity contribution in [1.82, 2.24) is 10.1 Å². The van der Waals surface area contributed by atoms with Crippen LogP contribution in [0.2, 0.25) is 0 Å². The molecular weight excluding hydrogens is 380 g/mol. The Kier molecular flexibility index (Phi) is 4.24. The minimum absolute atomic E-state index is 0.0887. The van der Waals surface area contributed by atoms with E-state index < -0.39 is 16.1 Å². The molecule has 0 saturated carbocycles. The summed E-state index contributed by atoms with van der Waals surface area (Å²) in [5.41, 5.74) is 3.59. The van der Waals surface area contributed by atoms with Crippen molar-refractivity contribution < 1.29 is 22.4 Å². The van der Waals surface area contributed by atoms with Crippen molar-refractivity contribution in [3.8, 4) is 0 Å². The van der Waals surface area contributed by atoms with Crippen molar-refractivity contribution >= 4 is 20.8 Å². The third kappa shape index (κ3) is 2.93. The van der Waals surface area contributed by atoms with E-state index in [-0.39, 0.29) is 10.6 Å². The number of ether oxygens (including phenoxy) is 2. The molecule has 8 heteroatoms. The lowest BCUT2D eigenvalue weighted by molar-refractivity contribution is -0.0481. The van der Waals surface area contributed by atoms with Gasteiger partial charge in [0, 0.05) is 18.7 Å². The summed E-state index contributed by atoms with van der Waals surface area (Å²) in [6.45, 7) is 2.25. The zero-order valence-electron chi connectivity index (χ0n) is 15.4. The number of sulfone groups is 1. The lowest BCUT2D eigenvalue weighted by Crippen LogP contribution is -2.09. The monoisotopic (exact) mass is 400 g/mol. The predicted molar refractivity (Wildman–Crippen MR) is 101 cm³/mol. The lowest BCUT2D eigenvalue weighted by atomic mass is 10.1. The first kappa shape index (κ1) is 17.8. The second-order valence-electron chi connectivity index (χ2n) is 7.27. The van der Waals surface area contributed by atoms with Gasteiger partial charge in [0.1, 0.15) is 5.69 Å². The molecule has 0 radical (unpaired) electrons. The Morgan fingerprint density at radius 2 is 1.89 bits per heavy atom. The topological polar surface area (TPSA) is 81.9 Å². The van der Waals surface area contributed by atoms with Gasteiger partial charge in [-0.05, 0) is 24.2 Å².